The van der Waals surface area contributed by atoms with Crippen molar-refractivity contribution in [2.75, 3.05) is 0 Å². The Labute approximate surface area is 103 Å². The first-order valence-corrected chi connectivity index (χ1v) is 5.83. The molecular formula is C15H18N2. The normalized spacial score (nSPS) is 12.5. The van der Waals surface area contributed by atoms with E-state index >= 15 is 0 Å². The zero-order chi connectivity index (χ0) is 12.4. The fourth-order valence-corrected chi connectivity index (χ4v) is 2.10. The molecule has 1 heterocycles. The van der Waals surface area contributed by atoms with E-state index in [0.717, 1.165) is 22.5 Å². The largest absolute Gasteiger partial charge is 0.320 e. The highest BCUT2D eigenvalue weighted by molar-refractivity contribution is 5.34. The molecule has 0 saturated carbocycles. The first-order chi connectivity index (χ1) is 8.06. The van der Waals surface area contributed by atoms with Crippen LogP contribution in [0.3, 0.4) is 0 Å². The van der Waals surface area contributed by atoms with Crippen molar-refractivity contribution in [3.63, 3.8) is 0 Å². The lowest BCUT2D eigenvalue weighted by molar-refractivity contribution is 0.858. The van der Waals surface area contributed by atoms with Gasteiger partial charge in [-0.1, -0.05) is 29.8 Å². The van der Waals surface area contributed by atoms with Crippen molar-refractivity contribution in [1.29, 1.82) is 0 Å². The Balaban J connectivity index is 2.39. The summed E-state index contributed by atoms with van der Waals surface area (Å²) >= 11 is 0. The summed E-state index contributed by atoms with van der Waals surface area (Å²) < 4.78 is 0. The molecule has 0 bridgehead atoms. The number of aryl methyl sites for hydroxylation is 3. The summed E-state index contributed by atoms with van der Waals surface area (Å²) in [5.74, 6) is 0. The van der Waals surface area contributed by atoms with Crippen LogP contribution in [0, 0.1) is 20.8 Å². The number of aromatic nitrogens is 1. The molecule has 2 nitrogen and oxygen atoms in total. The molecule has 17 heavy (non-hydrogen) atoms. The number of nitrogens with two attached hydrogens (primary N) is 1. The van der Waals surface area contributed by atoms with Crippen molar-refractivity contribution in [2.45, 2.75) is 26.8 Å². The van der Waals surface area contributed by atoms with Gasteiger partial charge in [0.15, 0.2) is 0 Å². The topological polar surface area (TPSA) is 38.9 Å². The van der Waals surface area contributed by atoms with Crippen molar-refractivity contribution in [3.05, 3.63) is 64.5 Å². The molecular weight excluding hydrogens is 208 g/mol. The van der Waals surface area contributed by atoms with Crippen LogP contribution in [0.15, 0.2) is 36.4 Å². The number of nitrogens with zero attached hydrogens (tertiary/aromatic N) is 1. The van der Waals surface area contributed by atoms with Crippen LogP contribution in [0.4, 0.5) is 0 Å². The van der Waals surface area contributed by atoms with E-state index in [1.54, 1.807) is 0 Å². The van der Waals surface area contributed by atoms with E-state index in [1.807, 2.05) is 19.9 Å². The predicted octanol–water partition coefficient (Wildman–Crippen LogP) is 3.05. The lowest BCUT2D eigenvalue weighted by atomic mass is 9.98. The van der Waals surface area contributed by atoms with Gasteiger partial charge in [-0.2, -0.15) is 0 Å². The molecule has 2 heteroatoms. The zero-order valence-corrected chi connectivity index (χ0v) is 10.6. The summed E-state index contributed by atoms with van der Waals surface area (Å²) in [5.41, 5.74) is 11.8. The fourth-order valence-electron chi connectivity index (χ4n) is 2.10. The molecule has 0 aliphatic carbocycles. The summed E-state index contributed by atoms with van der Waals surface area (Å²) in [7, 11) is 0. The molecule has 2 rings (SSSR count). The van der Waals surface area contributed by atoms with Gasteiger partial charge in [-0.3, -0.25) is 4.98 Å². The second-order valence-electron chi connectivity index (χ2n) is 4.58. The summed E-state index contributed by atoms with van der Waals surface area (Å²) in [5, 5.41) is 0. The average molecular weight is 226 g/mol. The third-order valence-electron chi connectivity index (χ3n) is 2.86. The maximum atomic E-state index is 6.30. The van der Waals surface area contributed by atoms with Gasteiger partial charge in [0.25, 0.3) is 0 Å². The lowest BCUT2D eigenvalue weighted by Crippen LogP contribution is -2.12. The van der Waals surface area contributed by atoms with E-state index in [-0.39, 0.29) is 6.04 Å². The van der Waals surface area contributed by atoms with Crippen LogP contribution in [0.5, 0.6) is 0 Å². The van der Waals surface area contributed by atoms with E-state index in [2.05, 4.69) is 42.2 Å². The van der Waals surface area contributed by atoms with Crippen molar-refractivity contribution in [1.82, 2.24) is 4.98 Å². The molecule has 0 radical (unpaired) electrons. The van der Waals surface area contributed by atoms with Crippen LogP contribution >= 0.6 is 0 Å². The van der Waals surface area contributed by atoms with Gasteiger partial charge >= 0.3 is 0 Å². The Kier molecular flexibility index (Phi) is 3.25. The second-order valence-corrected chi connectivity index (χ2v) is 4.58. The maximum absolute atomic E-state index is 6.30. The van der Waals surface area contributed by atoms with Gasteiger partial charge in [0.1, 0.15) is 0 Å². The summed E-state index contributed by atoms with van der Waals surface area (Å²) in [6, 6.07) is 12.4. The minimum atomic E-state index is -0.0738. The van der Waals surface area contributed by atoms with Crippen molar-refractivity contribution in [3.8, 4) is 0 Å². The zero-order valence-electron chi connectivity index (χ0n) is 10.6. The molecule has 0 spiro atoms. The van der Waals surface area contributed by atoms with Gasteiger partial charge in [-0.25, -0.2) is 0 Å². The standard InChI is InChI=1S/C15H18N2/c1-10-5-4-6-13(7-10)15(16)14-8-11(2)17-12(3)9-14/h4-9,15H,16H2,1-3H3. The average Bonchev–Trinajstić information content (AvgIpc) is 2.26. The van der Waals surface area contributed by atoms with Crippen LogP contribution in [0.1, 0.15) is 34.1 Å². The minimum absolute atomic E-state index is 0.0738. The highest BCUT2D eigenvalue weighted by atomic mass is 14.7. The number of hydrogen-bond acceptors (Lipinski definition) is 2. The quantitative estimate of drug-likeness (QED) is 0.854. The third kappa shape index (κ3) is 2.71. The van der Waals surface area contributed by atoms with Crippen LogP contribution in [0.2, 0.25) is 0 Å². The minimum Gasteiger partial charge on any atom is -0.320 e. The van der Waals surface area contributed by atoms with E-state index < -0.39 is 0 Å². The summed E-state index contributed by atoms with van der Waals surface area (Å²) in [6.07, 6.45) is 0. The number of rotatable bonds is 2. The van der Waals surface area contributed by atoms with Gasteiger partial charge in [0.2, 0.25) is 0 Å². The Morgan fingerprint density at radius 2 is 1.59 bits per heavy atom. The van der Waals surface area contributed by atoms with Crippen LogP contribution in [-0.4, -0.2) is 4.98 Å². The highest BCUT2D eigenvalue weighted by Gasteiger charge is 2.10. The van der Waals surface area contributed by atoms with Crippen LogP contribution < -0.4 is 5.73 Å². The predicted molar refractivity (Wildman–Crippen MR) is 70.9 cm³/mol. The van der Waals surface area contributed by atoms with Crippen LogP contribution in [-0.2, 0) is 0 Å². The number of pyridine rings is 1. The monoisotopic (exact) mass is 226 g/mol. The molecule has 88 valence electrons. The fraction of sp³-hybridized carbons (Fsp3) is 0.267. The summed E-state index contributed by atoms with van der Waals surface area (Å²) in [4.78, 5) is 4.37. The molecule has 0 fully saturated rings. The maximum Gasteiger partial charge on any atom is 0.0553 e. The van der Waals surface area contributed by atoms with Crippen molar-refractivity contribution in [2.24, 2.45) is 5.73 Å². The molecule has 1 atom stereocenters. The van der Waals surface area contributed by atoms with Gasteiger partial charge in [0.05, 0.1) is 6.04 Å². The van der Waals surface area contributed by atoms with Gasteiger partial charge in [0, 0.05) is 11.4 Å². The molecule has 0 amide bonds. The first kappa shape index (κ1) is 11.8. The molecule has 1 aromatic heterocycles. The highest BCUT2D eigenvalue weighted by Crippen LogP contribution is 2.21. The Hall–Kier alpha value is -1.67. The molecule has 0 aliphatic rings. The first-order valence-electron chi connectivity index (χ1n) is 5.83. The lowest BCUT2D eigenvalue weighted by Gasteiger charge is -2.14. The number of benzene rings is 1. The summed E-state index contributed by atoms with van der Waals surface area (Å²) in [6.45, 7) is 6.08. The van der Waals surface area contributed by atoms with Gasteiger partial charge < -0.3 is 5.73 Å². The molecule has 0 saturated heterocycles. The van der Waals surface area contributed by atoms with E-state index in [0.29, 0.717) is 0 Å². The molecule has 1 aromatic carbocycles. The Bertz CT molecular complexity index is 512. The molecule has 1 unspecified atom stereocenters. The smallest absolute Gasteiger partial charge is 0.0553 e. The third-order valence-corrected chi connectivity index (χ3v) is 2.86. The van der Waals surface area contributed by atoms with E-state index in [1.165, 1.54) is 5.56 Å². The Morgan fingerprint density at radius 1 is 0.941 bits per heavy atom. The van der Waals surface area contributed by atoms with Crippen molar-refractivity contribution < 1.29 is 0 Å². The van der Waals surface area contributed by atoms with Gasteiger partial charge in [-0.05, 0) is 44.0 Å². The second kappa shape index (κ2) is 4.68. The molecule has 0 aliphatic heterocycles. The SMILES string of the molecule is Cc1cccc(C(N)c2cc(C)nc(C)c2)c1. The van der Waals surface area contributed by atoms with Gasteiger partial charge in [-0.15, -0.1) is 0 Å². The molecule has 2 aromatic rings. The Morgan fingerprint density at radius 3 is 2.18 bits per heavy atom. The number of hydrogen-bond donors (Lipinski definition) is 1. The van der Waals surface area contributed by atoms with E-state index in [9.17, 15) is 0 Å². The van der Waals surface area contributed by atoms with Crippen molar-refractivity contribution >= 4 is 0 Å². The van der Waals surface area contributed by atoms with E-state index in [4.69, 9.17) is 5.73 Å². The molecule has 2 N–H and O–H groups in total. The van der Waals surface area contributed by atoms with Crippen LogP contribution in [0.25, 0.3) is 0 Å².